The van der Waals surface area contributed by atoms with Gasteiger partial charge in [-0.3, -0.25) is 0 Å². The van der Waals surface area contributed by atoms with Gasteiger partial charge < -0.3 is 0 Å². The van der Waals surface area contributed by atoms with Gasteiger partial charge in [0.25, 0.3) is 0 Å². The van der Waals surface area contributed by atoms with Crippen LogP contribution < -0.4 is 0 Å². The van der Waals surface area contributed by atoms with Crippen LogP contribution in [0.1, 0.15) is 59.7 Å². The molecule has 0 N–H and O–H groups in total. The van der Waals surface area contributed by atoms with Gasteiger partial charge in [0.05, 0.1) is 11.0 Å². The van der Waals surface area contributed by atoms with Gasteiger partial charge in [0, 0.05) is 10.8 Å². The van der Waals surface area contributed by atoms with E-state index in [-0.39, 0.29) is 5.41 Å². The summed E-state index contributed by atoms with van der Waals surface area (Å²) in [6.07, 6.45) is 0. The van der Waals surface area contributed by atoms with Crippen molar-refractivity contribution in [2.75, 3.05) is 0 Å². The molecule has 2 aromatic carbocycles. The van der Waals surface area contributed by atoms with E-state index in [1.165, 1.54) is 55.2 Å². The molecule has 0 radical (unpaired) electrons. The molecule has 0 spiro atoms. The van der Waals surface area contributed by atoms with Crippen molar-refractivity contribution in [2.24, 2.45) is 0 Å². The number of rotatable bonds is 0. The van der Waals surface area contributed by atoms with Gasteiger partial charge in [0.2, 0.25) is 0 Å². The highest BCUT2D eigenvalue weighted by Gasteiger charge is 2.25. The normalized spacial score (nSPS) is 12.4. The van der Waals surface area contributed by atoms with Gasteiger partial charge in [-0.25, -0.2) is 4.98 Å². The van der Waals surface area contributed by atoms with Gasteiger partial charge in [0.15, 0.2) is 0 Å². The van der Waals surface area contributed by atoms with Crippen LogP contribution in [0.4, 0.5) is 0 Å². The first-order valence-corrected chi connectivity index (χ1v) is 8.85. The Morgan fingerprint density at radius 1 is 0.708 bits per heavy atom. The summed E-state index contributed by atoms with van der Waals surface area (Å²) in [5.74, 6) is 0. The lowest BCUT2D eigenvalue weighted by molar-refractivity contribution is 0.600. The number of aryl methyl sites for hydroxylation is 4. The summed E-state index contributed by atoms with van der Waals surface area (Å²) in [7, 11) is 0. The molecule has 1 nitrogen and oxygen atoms in total. The SMILES string of the molecule is Cc1cc(C)c2c(C(C)(C)C)c3c(C)c(C)c(C)c(C)c3nc2c1. The third kappa shape index (κ3) is 2.33. The molecule has 1 heteroatoms. The van der Waals surface area contributed by atoms with Crippen molar-refractivity contribution in [2.45, 2.75) is 67.7 Å². The molecule has 1 aromatic heterocycles. The van der Waals surface area contributed by atoms with E-state index in [0.29, 0.717) is 0 Å². The van der Waals surface area contributed by atoms with Crippen LogP contribution in [0.2, 0.25) is 0 Å². The molecule has 24 heavy (non-hydrogen) atoms. The van der Waals surface area contributed by atoms with Crippen molar-refractivity contribution in [3.8, 4) is 0 Å². The van der Waals surface area contributed by atoms with Crippen molar-refractivity contribution in [1.29, 1.82) is 0 Å². The Bertz CT molecular complexity index is 985. The number of hydrogen-bond acceptors (Lipinski definition) is 1. The molecular weight excluding hydrogens is 290 g/mol. The van der Waals surface area contributed by atoms with Crippen molar-refractivity contribution in [3.63, 3.8) is 0 Å². The predicted molar refractivity (Wildman–Crippen MR) is 106 cm³/mol. The smallest absolute Gasteiger partial charge is 0.0747 e. The van der Waals surface area contributed by atoms with Crippen molar-refractivity contribution < 1.29 is 0 Å². The zero-order valence-electron chi connectivity index (χ0n) is 16.6. The van der Waals surface area contributed by atoms with E-state index in [0.717, 1.165) is 5.52 Å². The first kappa shape index (κ1) is 17.0. The Labute approximate surface area is 146 Å². The van der Waals surface area contributed by atoms with Crippen LogP contribution >= 0.6 is 0 Å². The third-order valence-corrected chi connectivity index (χ3v) is 5.60. The summed E-state index contributed by atoms with van der Waals surface area (Å²) in [5.41, 5.74) is 11.9. The highest BCUT2D eigenvalue weighted by molar-refractivity contribution is 6.03. The van der Waals surface area contributed by atoms with E-state index in [9.17, 15) is 0 Å². The standard InChI is InChI=1S/C23H29N/c1-12-10-13(2)19-18(11-12)24-22-17(6)15(4)14(3)16(5)20(22)21(19)23(7,8)9/h10-11H,1-9H3. The fourth-order valence-electron chi connectivity index (χ4n) is 4.09. The van der Waals surface area contributed by atoms with Crippen LogP contribution in [-0.4, -0.2) is 4.98 Å². The van der Waals surface area contributed by atoms with E-state index in [1.54, 1.807) is 0 Å². The lowest BCUT2D eigenvalue weighted by atomic mass is 9.78. The van der Waals surface area contributed by atoms with Gasteiger partial charge >= 0.3 is 0 Å². The number of hydrogen-bond donors (Lipinski definition) is 0. The average molecular weight is 319 g/mol. The maximum absolute atomic E-state index is 5.14. The number of nitrogens with zero attached hydrogens (tertiary/aromatic N) is 1. The number of aromatic nitrogens is 1. The molecule has 3 aromatic rings. The molecule has 0 unspecified atom stereocenters. The van der Waals surface area contributed by atoms with Gasteiger partial charge in [-0.2, -0.15) is 0 Å². The van der Waals surface area contributed by atoms with Gasteiger partial charge in [-0.1, -0.05) is 26.8 Å². The first-order valence-electron chi connectivity index (χ1n) is 8.85. The molecule has 126 valence electrons. The molecule has 0 fully saturated rings. The monoisotopic (exact) mass is 319 g/mol. The molecule has 0 atom stereocenters. The van der Waals surface area contributed by atoms with Crippen molar-refractivity contribution in [1.82, 2.24) is 4.98 Å². The Balaban J connectivity index is 2.75. The molecule has 0 saturated carbocycles. The second-order valence-electron chi connectivity index (χ2n) is 8.44. The predicted octanol–water partition coefficient (Wildman–Crippen LogP) is 6.54. The molecule has 0 aliphatic heterocycles. The number of pyridine rings is 1. The Morgan fingerprint density at radius 3 is 1.88 bits per heavy atom. The highest BCUT2D eigenvalue weighted by Crippen LogP contribution is 2.41. The molecule has 0 bridgehead atoms. The van der Waals surface area contributed by atoms with E-state index < -0.39 is 0 Å². The van der Waals surface area contributed by atoms with Gasteiger partial charge in [0.1, 0.15) is 0 Å². The van der Waals surface area contributed by atoms with Crippen molar-refractivity contribution >= 4 is 21.8 Å². The summed E-state index contributed by atoms with van der Waals surface area (Å²) in [4.78, 5) is 5.14. The van der Waals surface area contributed by atoms with Crippen LogP contribution in [0.25, 0.3) is 21.8 Å². The van der Waals surface area contributed by atoms with Crippen LogP contribution in [-0.2, 0) is 5.41 Å². The summed E-state index contributed by atoms with van der Waals surface area (Å²) in [6, 6.07) is 4.52. The maximum atomic E-state index is 5.14. The van der Waals surface area contributed by atoms with E-state index in [4.69, 9.17) is 4.98 Å². The van der Waals surface area contributed by atoms with Crippen LogP contribution in [0, 0.1) is 41.5 Å². The molecular formula is C23H29N. The number of fused-ring (bicyclic) bond motifs is 2. The zero-order chi connectivity index (χ0) is 18.0. The molecule has 1 heterocycles. The van der Waals surface area contributed by atoms with E-state index >= 15 is 0 Å². The zero-order valence-corrected chi connectivity index (χ0v) is 16.6. The quantitative estimate of drug-likeness (QED) is 0.429. The average Bonchev–Trinajstić information content (AvgIpc) is 2.47. The third-order valence-electron chi connectivity index (χ3n) is 5.60. The van der Waals surface area contributed by atoms with Crippen LogP contribution in [0.3, 0.4) is 0 Å². The summed E-state index contributed by atoms with van der Waals surface area (Å²) in [6.45, 7) is 20.3. The Morgan fingerprint density at radius 2 is 1.29 bits per heavy atom. The minimum absolute atomic E-state index is 0.0678. The summed E-state index contributed by atoms with van der Waals surface area (Å²) >= 11 is 0. The van der Waals surface area contributed by atoms with Crippen LogP contribution in [0.15, 0.2) is 12.1 Å². The fraction of sp³-hybridized carbons (Fsp3) is 0.435. The topological polar surface area (TPSA) is 12.9 Å². The largest absolute Gasteiger partial charge is 0.247 e. The molecule has 0 amide bonds. The Hall–Kier alpha value is -1.89. The van der Waals surface area contributed by atoms with Crippen LogP contribution in [0.5, 0.6) is 0 Å². The molecule has 0 aliphatic carbocycles. The second kappa shape index (κ2) is 5.31. The lowest BCUT2D eigenvalue weighted by Gasteiger charge is -2.27. The lowest BCUT2D eigenvalue weighted by Crippen LogP contribution is -2.15. The van der Waals surface area contributed by atoms with Crippen molar-refractivity contribution in [3.05, 3.63) is 51.1 Å². The number of benzene rings is 2. The minimum Gasteiger partial charge on any atom is -0.247 e. The summed E-state index contributed by atoms with van der Waals surface area (Å²) in [5, 5.41) is 2.70. The Kier molecular flexibility index (Phi) is 3.75. The maximum Gasteiger partial charge on any atom is 0.0747 e. The van der Waals surface area contributed by atoms with E-state index in [2.05, 4.69) is 74.4 Å². The van der Waals surface area contributed by atoms with E-state index in [1.807, 2.05) is 0 Å². The van der Waals surface area contributed by atoms with Gasteiger partial charge in [-0.15, -0.1) is 0 Å². The molecule has 0 aliphatic rings. The fourth-order valence-corrected chi connectivity index (χ4v) is 4.09. The first-order chi connectivity index (χ1) is 11.0. The molecule has 3 rings (SSSR count). The second-order valence-corrected chi connectivity index (χ2v) is 8.44. The molecule has 0 saturated heterocycles. The minimum atomic E-state index is 0.0678. The summed E-state index contributed by atoms with van der Waals surface area (Å²) < 4.78 is 0. The highest BCUT2D eigenvalue weighted by atomic mass is 14.7. The van der Waals surface area contributed by atoms with Gasteiger partial charge in [-0.05, 0) is 92.0 Å².